The van der Waals surface area contributed by atoms with E-state index in [1.165, 1.54) is 36.4 Å². The quantitative estimate of drug-likeness (QED) is 0.229. The highest BCUT2D eigenvalue weighted by molar-refractivity contribution is 7.40. The molecule has 188 valence electrons. The third-order valence-corrected chi connectivity index (χ3v) is 4.86. The fourth-order valence-electron chi connectivity index (χ4n) is 1.85. The zero-order valence-corrected chi connectivity index (χ0v) is 23.1. The van der Waals surface area contributed by atoms with Crippen molar-refractivity contribution in [3.63, 3.8) is 0 Å². The average Bonchev–Trinajstić information content (AvgIpc) is 2.74. The van der Waals surface area contributed by atoms with E-state index < -0.39 is 22.6 Å². The molecule has 0 radical (unpaired) electrons. The predicted molar refractivity (Wildman–Crippen MR) is 139 cm³/mol. The summed E-state index contributed by atoms with van der Waals surface area (Å²) in [6.07, 6.45) is 0. The standard InChI is InChI=1S/3C6H6NO2P.H3O4P/c3*8-7(9)5-1-3-6(10)4-2-5;1-5(2,3)4/h3*1-4H,10H2;(H3,1,2,3,4). The van der Waals surface area contributed by atoms with E-state index in [2.05, 4.69) is 0 Å². The highest BCUT2D eigenvalue weighted by atomic mass is 31.2. The SMILES string of the molecule is O=P([O-])([O-])[O-].O=[N+]([O-])c1ccc([PH3+])cc1.O=[N+]([O-])c1ccc([PH3+])cc1.O=[N+]([O-])c1ccc([PH3+])cc1. The van der Waals surface area contributed by atoms with Crippen LogP contribution in [0.5, 0.6) is 0 Å². The van der Waals surface area contributed by atoms with Crippen molar-refractivity contribution in [2.24, 2.45) is 0 Å². The van der Waals surface area contributed by atoms with Gasteiger partial charge in [0.05, 0.1) is 30.7 Å². The summed E-state index contributed by atoms with van der Waals surface area (Å²) in [5.41, 5.74) is 0.446. The number of phosphoric acid groups is 1. The first-order valence-corrected chi connectivity index (χ1v) is 12.6. The molecule has 0 N–H and O–H groups in total. The fraction of sp³-hybridized carbons (Fsp3) is 0. The number of nitro groups is 3. The normalized spacial score (nSPS) is 9.91. The average molecular weight is 563 g/mol. The van der Waals surface area contributed by atoms with Crippen LogP contribution in [0.4, 0.5) is 17.1 Å². The molecule has 0 bridgehead atoms. The topological polar surface area (TPSA) is 216 Å². The Morgan fingerprint density at radius 3 is 0.743 bits per heavy atom. The van der Waals surface area contributed by atoms with E-state index in [0.29, 0.717) is 0 Å². The van der Waals surface area contributed by atoms with E-state index in [-0.39, 0.29) is 17.1 Å². The molecule has 3 aromatic rings. The summed E-state index contributed by atoms with van der Waals surface area (Å²) < 4.78 is 8.55. The maximum absolute atomic E-state index is 10.1. The maximum Gasteiger partial charge on any atom is 0.269 e. The minimum atomic E-state index is -5.39. The lowest BCUT2D eigenvalue weighted by Gasteiger charge is -2.36. The summed E-state index contributed by atoms with van der Waals surface area (Å²) in [5, 5.41) is 33.5. The van der Waals surface area contributed by atoms with E-state index >= 15 is 0 Å². The Balaban J connectivity index is 0.000000453. The summed E-state index contributed by atoms with van der Waals surface area (Å²) in [6.45, 7) is 0. The minimum absolute atomic E-state index is 0.149. The lowest BCUT2D eigenvalue weighted by molar-refractivity contribution is -0.432. The van der Waals surface area contributed by atoms with Crippen molar-refractivity contribution < 1.29 is 34.0 Å². The summed E-state index contributed by atoms with van der Waals surface area (Å²) >= 11 is 0. The molecule has 35 heavy (non-hydrogen) atoms. The highest BCUT2D eigenvalue weighted by Gasteiger charge is 2.03. The predicted octanol–water partition coefficient (Wildman–Crippen LogP) is -0.342. The van der Waals surface area contributed by atoms with Crippen molar-refractivity contribution in [3.05, 3.63) is 103 Å². The van der Waals surface area contributed by atoms with Gasteiger partial charge in [-0.3, -0.25) is 30.3 Å². The van der Waals surface area contributed by atoms with Gasteiger partial charge in [0.1, 0.15) is 0 Å². The van der Waals surface area contributed by atoms with Crippen LogP contribution < -0.4 is 30.6 Å². The Morgan fingerprint density at radius 2 is 0.629 bits per heavy atom. The molecule has 0 amide bonds. The zero-order chi connectivity index (χ0) is 27.2. The molecular formula is C18H21N3O10P4. The van der Waals surface area contributed by atoms with Gasteiger partial charge >= 0.3 is 0 Å². The van der Waals surface area contributed by atoms with Crippen LogP contribution in [-0.4, -0.2) is 14.8 Å². The van der Waals surface area contributed by atoms with Crippen LogP contribution in [0, 0.1) is 30.3 Å². The number of nitrogens with zero attached hydrogens (tertiary/aromatic N) is 3. The van der Waals surface area contributed by atoms with Crippen molar-refractivity contribution in [3.8, 4) is 0 Å². The van der Waals surface area contributed by atoms with Crippen LogP contribution in [0.15, 0.2) is 72.8 Å². The lowest BCUT2D eigenvalue weighted by atomic mass is 10.3. The van der Waals surface area contributed by atoms with Crippen molar-refractivity contribution >= 4 is 68.5 Å². The van der Waals surface area contributed by atoms with E-state index in [1.54, 1.807) is 64.1 Å². The van der Waals surface area contributed by atoms with Gasteiger partial charge in [-0.1, -0.05) is 0 Å². The molecule has 0 aromatic heterocycles. The Kier molecular flexibility index (Phi) is 14.8. The van der Waals surface area contributed by atoms with Gasteiger partial charge < -0.3 is 19.2 Å². The lowest BCUT2D eigenvalue weighted by Crippen LogP contribution is -2.24. The first-order chi connectivity index (χ1) is 16.1. The van der Waals surface area contributed by atoms with Gasteiger partial charge in [-0.15, -0.1) is 0 Å². The van der Waals surface area contributed by atoms with Crippen LogP contribution in [0.1, 0.15) is 0 Å². The number of rotatable bonds is 3. The molecule has 3 unspecified atom stereocenters. The molecule has 0 aliphatic carbocycles. The molecule has 0 aliphatic rings. The second-order valence-corrected chi connectivity index (χ2v) is 9.56. The molecule has 17 heteroatoms. The monoisotopic (exact) mass is 563 g/mol. The van der Waals surface area contributed by atoms with E-state index in [9.17, 15) is 30.3 Å². The Morgan fingerprint density at radius 1 is 0.486 bits per heavy atom. The Labute approximate surface area is 205 Å². The largest absolute Gasteiger partial charge is 0.822 e. The molecule has 0 saturated heterocycles. The zero-order valence-electron chi connectivity index (χ0n) is 17.9. The number of hydrogen-bond donors (Lipinski definition) is 0. The van der Waals surface area contributed by atoms with Gasteiger partial charge in [0.15, 0.2) is 0 Å². The molecule has 13 nitrogen and oxygen atoms in total. The third-order valence-electron chi connectivity index (χ3n) is 3.44. The molecule has 3 aromatic carbocycles. The molecule has 0 saturated carbocycles. The maximum atomic E-state index is 10.1. The molecule has 3 atom stereocenters. The van der Waals surface area contributed by atoms with Crippen LogP contribution in [0.3, 0.4) is 0 Å². The minimum Gasteiger partial charge on any atom is -0.822 e. The molecule has 0 heterocycles. The summed E-state index contributed by atoms with van der Waals surface area (Å²) in [7, 11) is -0.280. The summed E-state index contributed by atoms with van der Waals surface area (Å²) in [4.78, 5) is 54.8. The molecule has 0 aliphatic heterocycles. The summed E-state index contributed by atoms with van der Waals surface area (Å²) in [5.74, 6) is 0. The second kappa shape index (κ2) is 16.0. The third kappa shape index (κ3) is 17.4. The van der Waals surface area contributed by atoms with Gasteiger partial charge in [0.25, 0.3) is 17.1 Å². The van der Waals surface area contributed by atoms with Gasteiger partial charge in [-0.05, 0) is 36.4 Å². The van der Waals surface area contributed by atoms with Crippen LogP contribution in [-0.2, 0) is 4.57 Å². The van der Waals surface area contributed by atoms with Gasteiger partial charge in [0.2, 0.25) is 0 Å². The van der Waals surface area contributed by atoms with E-state index in [1.807, 2.05) is 0 Å². The van der Waals surface area contributed by atoms with Crippen molar-refractivity contribution in [2.45, 2.75) is 0 Å². The molecular weight excluding hydrogens is 542 g/mol. The molecule has 3 rings (SSSR count). The Hall–Kier alpha value is -2.74. The van der Waals surface area contributed by atoms with E-state index in [0.717, 1.165) is 15.9 Å². The number of benzene rings is 3. The Bertz CT molecular complexity index is 1010. The molecule has 0 spiro atoms. The van der Waals surface area contributed by atoms with E-state index in [4.69, 9.17) is 19.2 Å². The first-order valence-electron chi connectivity index (χ1n) is 9.02. The van der Waals surface area contributed by atoms with Crippen molar-refractivity contribution in [2.75, 3.05) is 0 Å². The number of non-ortho nitro benzene ring substituents is 3. The highest BCUT2D eigenvalue weighted by Crippen LogP contribution is 2.09. The number of hydrogen-bond acceptors (Lipinski definition) is 10. The van der Waals surface area contributed by atoms with Crippen molar-refractivity contribution in [1.29, 1.82) is 0 Å². The summed E-state index contributed by atoms with van der Waals surface area (Å²) in [6, 6.07) is 19.4. The van der Waals surface area contributed by atoms with Crippen molar-refractivity contribution in [1.82, 2.24) is 0 Å². The van der Waals surface area contributed by atoms with Gasteiger partial charge in [0, 0.05) is 64.1 Å². The van der Waals surface area contributed by atoms with Gasteiger partial charge in [-0.25, -0.2) is 0 Å². The number of nitro benzene ring substituents is 3. The molecule has 0 fully saturated rings. The second-order valence-electron chi connectivity index (χ2n) is 6.22. The van der Waals surface area contributed by atoms with Gasteiger partial charge in [-0.2, -0.15) is 7.82 Å². The first kappa shape index (κ1) is 32.3. The van der Waals surface area contributed by atoms with Crippen LogP contribution >= 0.6 is 35.5 Å². The van der Waals surface area contributed by atoms with Crippen LogP contribution in [0.25, 0.3) is 0 Å². The smallest absolute Gasteiger partial charge is 0.269 e. The van der Waals surface area contributed by atoms with Crippen LogP contribution in [0.2, 0.25) is 0 Å². The fourth-order valence-corrected chi connectivity index (χ4v) is 2.56.